The van der Waals surface area contributed by atoms with Crippen LogP contribution in [-0.2, 0) is 11.4 Å². The molecule has 1 aromatic heterocycles. The fourth-order valence-electron chi connectivity index (χ4n) is 5.22. The van der Waals surface area contributed by atoms with E-state index in [4.69, 9.17) is 9.57 Å². The van der Waals surface area contributed by atoms with Crippen LogP contribution < -0.4 is 4.74 Å². The third-order valence-electron chi connectivity index (χ3n) is 7.06. The van der Waals surface area contributed by atoms with Crippen molar-refractivity contribution in [2.24, 2.45) is 5.16 Å². The summed E-state index contributed by atoms with van der Waals surface area (Å²) < 4.78 is 8.90. The number of oxime groups is 1. The summed E-state index contributed by atoms with van der Waals surface area (Å²) in [6, 6.07) is 17.9. The number of unbranched alkanes of at least 4 members (excludes halogenated alkanes) is 1. The van der Waals surface area contributed by atoms with Crippen molar-refractivity contribution >= 4 is 33.3 Å². The maximum Gasteiger partial charge on any atom is 0.193 e. The average molecular weight is 507 g/mol. The fourth-order valence-corrected chi connectivity index (χ4v) is 5.22. The number of allylic oxidation sites excluding steroid dienone is 2. The molecule has 0 bridgehead atoms. The molecule has 3 aromatic carbocycles. The molecule has 0 fully saturated rings. The molecular weight excluding hydrogens is 472 g/mol. The lowest BCUT2D eigenvalue weighted by Gasteiger charge is -2.09. The van der Waals surface area contributed by atoms with Gasteiger partial charge in [-0.1, -0.05) is 61.5 Å². The van der Waals surface area contributed by atoms with E-state index in [1.807, 2.05) is 43.3 Å². The summed E-state index contributed by atoms with van der Waals surface area (Å²) in [5, 5.41) is 6.45. The second kappa shape index (κ2) is 10.7. The summed E-state index contributed by atoms with van der Waals surface area (Å²) in [7, 11) is 0. The lowest BCUT2D eigenvalue weighted by molar-refractivity contribution is 0.103. The fraction of sp³-hybridized carbons (Fsp3) is 0.273. The van der Waals surface area contributed by atoms with Gasteiger partial charge in [-0.3, -0.25) is 4.79 Å². The van der Waals surface area contributed by atoms with Gasteiger partial charge in [0.05, 0.1) is 10.9 Å². The van der Waals surface area contributed by atoms with E-state index in [1.165, 1.54) is 0 Å². The SMILES string of the molecule is C=C(C)O/N=C1/c2ccc3c(c2OC1C/C=C/CCC)c1cc(C(=O)c2ccccc2C)ccc1n3CC. The van der Waals surface area contributed by atoms with Crippen molar-refractivity contribution in [3.05, 3.63) is 101 Å². The molecule has 1 aliphatic rings. The van der Waals surface area contributed by atoms with Crippen molar-refractivity contribution in [1.29, 1.82) is 0 Å². The van der Waals surface area contributed by atoms with Crippen molar-refractivity contribution in [3.8, 4) is 5.75 Å². The number of ketones is 1. The summed E-state index contributed by atoms with van der Waals surface area (Å²) in [6.07, 6.45) is 6.90. The van der Waals surface area contributed by atoms with Crippen molar-refractivity contribution < 1.29 is 14.4 Å². The van der Waals surface area contributed by atoms with Gasteiger partial charge in [-0.2, -0.15) is 0 Å². The largest absolute Gasteiger partial charge is 0.482 e. The van der Waals surface area contributed by atoms with Crippen molar-refractivity contribution in [1.82, 2.24) is 4.57 Å². The Morgan fingerprint density at radius 2 is 1.89 bits per heavy atom. The molecule has 1 unspecified atom stereocenters. The van der Waals surface area contributed by atoms with E-state index in [2.05, 4.69) is 60.5 Å². The van der Waals surface area contributed by atoms with Gasteiger partial charge in [0.2, 0.25) is 0 Å². The Balaban J connectivity index is 1.68. The Morgan fingerprint density at radius 1 is 1.11 bits per heavy atom. The Bertz CT molecular complexity index is 1610. The number of fused-ring (bicyclic) bond motifs is 5. The van der Waals surface area contributed by atoms with Gasteiger partial charge >= 0.3 is 0 Å². The summed E-state index contributed by atoms with van der Waals surface area (Å²) in [5.41, 5.74) is 6.17. The first-order valence-corrected chi connectivity index (χ1v) is 13.4. The summed E-state index contributed by atoms with van der Waals surface area (Å²) >= 11 is 0. The Morgan fingerprint density at radius 3 is 2.63 bits per heavy atom. The third-order valence-corrected chi connectivity index (χ3v) is 7.06. The zero-order chi connectivity index (χ0) is 26.8. The van der Waals surface area contributed by atoms with Gasteiger partial charge in [0.25, 0.3) is 0 Å². The van der Waals surface area contributed by atoms with Gasteiger partial charge in [0.15, 0.2) is 5.78 Å². The number of nitrogens with zero attached hydrogens (tertiary/aromatic N) is 2. The highest BCUT2D eigenvalue weighted by atomic mass is 16.6. The van der Waals surface area contributed by atoms with Crippen LogP contribution in [0.15, 0.2) is 84.2 Å². The van der Waals surface area contributed by atoms with Crippen LogP contribution in [0.3, 0.4) is 0 Å². The molecule has 0 amide bonds. The molecule has 0 spiro atoms. The minimum absolute atomic E-state index is 0.0203. The second-order valence-corrected chi connectivity index (χ2v) is 9.83. The number of ether oxygens (including phenoxy) is 1. The molecular formula is C33H34N2O3. The maximum absolute atomic E-state index is 13.5. The lowest BCUT2D eigenvalue weighted by Crippen LogP contribution is -2.20. The van der Waals surface area contributed by atoms with E-state index < -0.39 is 0 Å². The van der Waals surface area contributed by atoms with E-state index in [0.717, 1.165) is 69.3 Å². The first-order valence-electron chi connectivity index (χ1n) is 13.4. The van der Waals surface area contributed by atoms with Crippen LogP contribution in [0.25, 0.3) is 21.8 Å². The molecule has 194 valence electrons. The zero-order valence-corrected chi connectivity index (χ0v) is 22.6. The van der Waals surface area contributed by atoms with Crippen molar-refractivity contribution in [2.45, 2.75) is 59.6 Å². The zero-order valence-electron chi connectivity index (χ0n) is 22.6. The van der Waals surface area contributed by atoms with Crippen LogP contribution >= 0.6 is 0 Å². The monoisotopic (exact) mass is 506 g/mol. The molecule has 0 radical (unpaired) electrons. The van der Waals surface area contributed by atoms with Gasteiger partial charge in [0, 0.05) is 40.6 Å². The molecule has 38 heavy (non-hydrogen) atoms. The van der Waals surface area contributed by atoms with Crippen LogP contribution in [0.2, 0.25) is 0 Å². The summed E-state index contributed by atoms with van der Waals surface area (Å²) in [4.78, 5) is 19.0. The molecule has 1 aliphatic heterocycles. The highest BCUT2D eigenvalue weighted by Gasteiger charge is 2.33. The van der Waals surface area contributed by atoms with E-state index in [-0.39, 0.29) is 11.9 Å². The van der Waals surface area contributed by atoms with E-state index in [9.17, 15) is 4.79 Å². The topological polar surface area (TPSA) is 52.8 Å². The molecule has 4 aromatic rings. The maximum atomic E-state index is 13.5. The Kier molecular flexibility index (Phi) is 7.19. The highest BCUT2D eigenvalue weighted by molar-refractivity contribution is 6.20. The smallest absolute Gasteiger partial charge is 0.193 e. The number of aryl methyl sites for hydroxylation is 2. The van der Waals surface area contributed by atoms with Crippen LogP contribution in [0.5, 0.6) is 5.75 Å². The molecule has 0 saturated carbocycles. The molecule has 5 nitrogen and oxygen atoms in total. The molecule has 0 N–H and O–H groups in total. The average Bonchev–Trinajstić information content (AvgIpc) is 3.43. The number of carbonyl (C=O) groups excluding carboxylic acids is 1. The number of rotatable bonds is 9. The van der Waals surface area contributed by atoms with E-state index in [1.54, 1.807) is 6.92 Å². The van der Waals surface area contributed by atoms with Gasteiger partial charge in [0.1, 0.15) is 23.3 Å². The standard InChI is InChI=1S/C33H34N2O3/c1-6-8-9-10-15-29-31(34-38-21(3)4)25-17-19-28-30(33(25)37-29)26-20-23(16-18-27(26)35(28)7-2)32(36)24-14-12-11-13-22(24)5/h9-14,16-20,29H,3,6-8,15H2,1-2,4-5H3/b10-9+,34-31-. The number of hydrogen-bond donors (Lipinski definition) is 0. The normalized spacial score (nSPS) is 15.9. The summed E-state index contributed by atoms with van der Waals surface area (Å²) in [5.74, 6) is 1.33. The third kappa shape index (κ3) is 4.53. The number of hydrogen-bond acceptors (Lipinski definition) is 4. The lowest BCUT2D eigenvalue weighted by atomic mass is 9.97. The quantitative estimate of drug-likeness (QED) is 0.0997. The van der Waals surface area contributed by atoms with Crippen LogP contribution in [0.1, 0.15) is 67.1 Å². The van der Waals surface area contributed by atoms with E-state index >= 15 is 0 Å². The molecule has 0 saturated heterocycles. The van der Waals surface area contributed by atoms with Gasteiger partial charge in [-0.25, -0.2) is 0 Å². The Hall–Kier alpha value is -4.12. The molecule has 0 aliphatic carbocycles. The second-order valence-electron chi connectivity index (χ2n) is 9.83. The van der Waals surface area contributed by atoms with Crippen molar-refractivity contribution in [3.63, 3.8) is 0 Å². The number of benzene rings is 3. The minimum atomic E-state index is -0.264. The molecule has 1 atom stereocenters. The molecule has 5 heteroatoms. The Labute approximate surface area is 224 Å². The summed E-state index contributed by atoms with van der Waals surface area (Å²) in [6.45, 7) is 12.7. The molecule has 5 rings (SSSR count). The first kappa shape index (κ1) is 25.5. The van der Waals surface area contributed by atoms with Crippen LogP contribution in [-0.4, -0.2) is 22.2 Å². The van der Waals surface area contributed by atoms with Gasteiger partial charge < -0.3 is 14.1 Å². The van der Waals surface area contributed by atoms with Crippen LogP contribution in [0.4, 0.5) is 0 Å². The van der Waals surface area contributed by atoms with E-state index in [0.29, 0.717) is 17.7 Å². The molecule has 2 heterocycles. The number of aromatic nitrogens is 1. The van der Waals surface area contributed by atoms with Crippen LogP contribution in [0, 0.1) is 6.92 Å². The van der Waals surface area contributed by atoms with Gasteiger partial charge in [-0.15, -0.1) is 0 Å². The van der Waals surface area contributed by atoms with Gasteiger partial charge in [-0.05, 0) is 63.1 Å². The highest BCUT2D eigenvalue weighted by Crippen LogP contribution is 2.43. The predicted octanol–water partition coefficient (Wildman–Crippen LogP) is 8.12. The van der Waals surface area contributed by atoms with Crippen molar-refractivity contribution in [2.75, 3.05) is 0 Å². The first-order chi connectivity index (χ1) is 18.4. The predicted molar refractivity (Wildman–Crippen MR) is 155 cm³/mol. The number of carbonyl (C=O) groups is 1. The minimum Gasteiger partial charge on any atom is -0.482 e.